The molecule has 80 valence electrons. The molecule has 3 heteroatoms. The van der Waals surface area contributed by atoms with Crippen LogP contribution in [0.15, 0.2) is 35.5 Å². The van der Waals surface area contributed by atoms with Crippen molar-refractivity contribution in [3.05, 3.63) is 35.9 Å². The molecule has 3 nitrogen and oxygen atoms in total. The first kappa shape index (κ1) is 11.3. The smallest absolute Gasteiger partial charge is 0.126 e. The van der Waals surface area contributed by atoms with Gasteiger partial charge in [-0.1, -0.05) is 30.3 Å². The maximum atomic E-state index is 8.64. The number of nitrogens with zero attached hydrogens (tertiary/aromatic N) is 1. The van der Waals surface area contributed by atoms with Gasteiger partial charge in [-0.15, -0.1) is 0 Å². The third-order valence-corrected chi connectivity index (χ3v) is 2.08. The van der Waals surface area contributed by atoms with E-state index in [1.54, 1.807) is 13.2 Å². The zero-order valence-electron chi connectivity index (χ0n) is 8.97. The van der Waals surface area contributed by atoms with Crippen LogP contribution in [-0.4, -0.2) is 18.0 Å². The van der Waals surface area contributed by atoms with Crippen LogP contribution in [0, 0.1) is 0 Å². The largest absolute Gasteiger partial charge is 0.496 e. The van der Waals surface area contributed by atoms with Crippen molar-refractivity contribution in [2.45, 2.75) is 13.3 Å². The maximum absolute atomic E-state index is 8.64. The van der Waals surface area contributed by atoms with Gasteiger partial charge >= 0.3 is 0 Å². The van der Waals surface area contributed by atoms with Crippen LogP contribution in [0.25, 0.3) is 6.08 Å². The Hall–Kier alpha value is -1.77. The van der Waals surface area contributed by atoms with Gasteiger partial charge in [0, 0.05) is 5.56 Å². The summed E-state index contributed by atoms with van der Waals surface area (Å²) in [6.07, 6.45) is 4.34. The van der Waals surface area contributed by atoms with E-state index in [9.17, 15) is 0 Å². The molecule has 0 spiro atoms. The Bertz CT molecular complexity index is 370. The molecule has 0 saturated carbocycles. The van der Waals surface area contributed by atoms with Gasteiger partial charge in [0.2, 0.25) is 0 Å². The van der Waals surface area contributed by atoms with E-state index in [-0.39, 0.29) is 0 Å². The van der Waals surface area contributed by atoms with Gasteiger partial charge in [0.05, 0.1) is 12.8 Å². The molecule has 1 aromatic rings. The van der Waals surface area contributed by atoms with E-state index >= 15 is 0 Å². The fourth-order valence-corrected chi connectivity index (χ4v) is 1.21. The average molecular weight is 205 g/mol. The quantitative estimate of drug-likeness (QED) is 0.466. The molecule has 0 bridgehead atoms. The van der Waals surface area contributed by atoms with Gasteiger partial charge in [0.15, 0.2) is 0 Å². The molecule has 0 aromatic heterocycles. The summed E-state index contributed by atoms with van der Waals surface area (Å²) in [4.78, 5) is 0. The lowest BCUT2D eigenvalue weighted by Gasteiger charge is -2.03. The molecule has 0 amide bonds. The van der Waals surface area contributed by atoms with Crippen molar-refractivity contribution in [3.8, 4) is 5.75 Å². The third-order valence-electron chi connectivity index (χ3n) is 2.08. The topological polar surface area (TPSA) is 41.8 Å². The highest BCUT2D eigenvalue weighted by molar-refractivity contribution is 5.97. The Labute approximate surface area is 89.7 Å². The molecule has 0 aliphatic carbocycles. The number of oxime groups is 1. The van der Waals surface area contributed by atoms with E-state index in [1.807, 2.05) is 37.3 Å². The molecule has 0 saturated heterocycles. The number of hydrogen-bond acceptors (Lipinski definition) is 3. The van der Waals surface area contributed by atoms with Crippen molar-refractivity contribution in [3.63, 3.8) is 0 Å². The van der Waals surface area contributed by atoms with Crippen molar-refractivity contribution in [1.29, 1.82) is 0 Å². The molecule has 15 heavy (non-hydrogen) atoms. The molecular weight excluding hydrogens is 190 g/mol. The van der Waals surface area contributed by atoms with E-state index in [2.05, 4.69) is 5.16 Å². The first-order chi connectivity index (χ1) is 7.31. The van der Waals surface area contributed by atoms with E-state index in [4.69, 9.17) is 9.94 Å². The predicted octanol–water partition coefficient (Wildman–Crippen LogP) is 2.95. The number of methoxy groups -OCH3 is 1. The summed E-state index contributed by atoms with van der Waals surface area (Å²) in [5.74, 6) is 0.808. The second-order valence-electron chi connectivity index (χ2n) is 3.02. The summed E-state index contributed by atoms with van der Waals surface area (Å²) in [7, 11) is 1.63. The molecule has 0 aliphatic rings. The molecular formula is C12H15NO2. The van der Waals surface area contributed by atoms with Crippen molar-refractivity contribution in [2.24, 2.45) is 5.16 Å². The molecule has 0 radical (unpaired) electrons. The lowest BCUT2D eigenvalue weighted by Crippen LogP contribution is -1.90. The van der Waals surface area contributed by atoms with Crippen LogP contribution >= 0.6 is 0 Å². The minimum Gasteiger partial charge on any atom is -0.496 e. The van der Waals surface area contributed by atoms with Crippen LogP contribution in [0.2, 0.25) is 0 Å². The Morgan fingerprint density at radius 3 is 2.80 bits per heavy atom. The van der Waals surface area contributed by atoms with Crippen molar-refractivity contribution < 1.29 is 9.94 Å². The normalized spacial score (nSPS) is 12.0. The van der Waals surface area contributed by atoms with Crippen LogP contribution in [0.4, 0.5) is 0 Å². The first-order valence-corrected chi connectivity index (χ1v) is 4.83. The van der Waals surface area contributed by atoms with Crippen molar-refractivity contribution >= 4 is 11.8 Å². The highest BCUT2D eigenvalue weighted by Crippen LogP contribution is 2.18. The van der Waals surface area contributed by atoms with Crippen LogP contribution < -0.4 is 4.74 Å². The first-order valence-electron chi connectivity index (χ1n) is 4.83. The maximum Gasteiger partial charge on any atom is 0.126 e. The predicted molar refractivity (Wildman–Crippen MR) is 61.5 cm³/mol. The molecule has 0 unspecified atom stereocenters. The molecule has 0 heterocycles. The van der Waals surface area contributed by atoms with Gasteiger partial charge in [-0.25, -0.2) is 0 Å². The SMILES string of the molecule is CCC(/C=C/c1ccccc1OC)=N\O. The number of ether oxygens (including phenoxy) is 1. The van der Waals surface area contributed by atoms with Gasteiger partial charge in [0.1, 0.15) is 5.75 Å². The summed E-state index contributed by atoms with van der Waals surface area (Å²) in [6, 6.07) is 7.68. The summed E-state index contributed by atoms with van der Waals surface area (Å²) in [6.45, 7) is 1.93. The second kappa shape index (κ2) is 5.86. The second-order valence-corrected chi connectivity index (χ2v) is 3.02. The highest BCUT2D eigenvalue weighted by atomic mass is 16.5. The Morgan fingerprint density at radius 2 is 2.20 bits per heavy atom. The number of allylic oxidation sites excluding steroid dienone is 1. The number of benzene rings is 1. The van der Waals surface area contributed by atoms with Crippen LogP contribution in [-0.2, 0) is 0 Å². The third kappa shape index (κ3) is 3.13. The molecule has 0 aliphatic heterocycles. The zero-order valence-corrected chi connectivity index (χ0v) is 8.97. The van der Waals surface area contributed by atoms with E-state index in [1.165, 1.54) is 0 Å². The summed E-state index contributed by atoms with van der Waals surface area (Å²) in [5, 5.41) is 11.8. The molecule has 1 rings (SSSR count). The van der Waals surface area contributed by atoms with Gasteiger partial charge in [-0.05, 0) is 24.6 Å². The lowest BCUT2D eigenvalue weighted by atomic mass is 10.1. The van der Waals surface area contributed by atoms with Crippen LogP contribution in [0.3, 0.4) is 0 Å². The highest BCUT2D eigenvalue weighted by Gasteiger charge is 1.97. The number of rotatable bonds is 4. The van der Waals surface area contributed by atoms with Crippen molar-refractivity contribution in [1.82, 2.24) is 0 Å². The minimum absolute atomic E-state index is 0.640. The molecule has 1 N–H and O–H groups in total. The Kier molecular flexibility index (Phi) is 4.41. The van der Waals surface area contributed by atoms with E-state index in [0.717, 1.165) is 11.3 Å². The van der Waals surface area contributed by atoms with E-state index < -0.39 is 0 Å². The Balaban J connectivity index is 2.88. The Morgan fingerprint density at radius 1 is 1.47 bits per heavy atom. The van der Waals surface area contributed by atoms with E-state index in [0.29, 0.717) is 12.1 Å². The summed E-state index contributed by atoms with van der Waals surface area (Å²) < 4.78 is 5.19. The average Bonchev–Trinajstić information content (AvgIpc) is 2.31. The fourth-order valence-electron chi connectivity index (χ4n) is 1.21. The van der Waals surface area contributed by atoms with Crippen molar-refractivity contribution in [2.75, 3.05) is 7.11 Å². The number of para-hydroxylation sites is 1. The van der Waals surface area contributed by atoms with Gasteiger partial charge in [-0.3, -0.25) is 0 Å². The van der Waals surface area contributed by atoms with Gasteiger partial charge in [0.25, 0.3) is 0 Å². The zero-order chi connectivity index (χ0) is 11.1. The van der Waals surface area contributed by atoms with Gasteiger partial charge in [-0.2, -0.15) is 0 Å². The monoisotopic (exact) mass is 205 g/mol. The van der Waals surface area contributed by atoms with Crippen LogP contribution in [0.5, 0.6) is 5.75 Å². The lowest BCUT2D eigenvalue weighted by molar-refractivity contribution is 0.318. The molecule has 1 aromatic carbocycles. The summed E-state index contributed by atoms with van der Waals surface area (Å²) >= 11 is 0. The molecule has 0 atom stereocenters. The minimum atomic E-state index is 0.640. The fraction of sp³-hybridized carbons (Fsp3) is 0.250. The van der Waals surface area contributed by atoms with Crippen LogP contribution in [0.1, 0.15) is 18.9 Å². The number of hydrogen-bond donors (Lipinski definition) is 1. The summed E-state index contributed by atoms with van der Waals surface area (Å²) in [5.41, 5.74) is 1.61. The standard InChI is InChI=1S/C12H15NO2/c1-3-11(13-14)9-8-10-6-4-5-7-12(10)15-2/h4-9,14H,3H2,1-2H3/b9-8+,13-11+. The van der Waals surface area contributed by atoms with Gasteiger partial charge < -0.3 is 9.94 Å². The molecule has 0 fully saturated rings.